The molecule has 2 amide bonds. The molecule has 0 bridgehead atoms. The molecule has 1 aliphatic rings. The van der Waals surface area contributed by atoms with Gasteiger partial charge in [0.2, 0.25) is 0 Å². The van der Waals surface area contributed by atoms with E-state index in [1.807, 2.05) is 36.6 Å². The van der Waals surface area contributed by atoms with Crippen molar-refractivity contribution >= 4 is 23.3 Å². The number of thiazole rings is 1. The lowest BCUT2D eigenvalue weighted by molar-refractivity contribution is 0.0570. The number of amides is 2. The van der Waals surface area contributed by atoms with Crippen molar-refractivity contribution in [2.45, 2.75) is 13.8 Å². The third kappa shape index (κ3) is 3.99. The van der Waals surface area contributed by atoms with Crippen LogP contribution in [0.4, 0.5) is 4.79 Å². The number of piperazine rings is 1. The van der Waals surface area contributed by atoms with Gasteiger partial charge in [0, 0.05) is 48.4 Å². The highest BCUT2D eigenvalue weighted by Crippen LogP contribution is 2.24. The predicted octanol–water partition coefficient (Wildman–Crippen LogP) is 3.03. The summed E-state index contributed by atoms with van der Waals surface area (Å²) in [7, 11) is 0. The van der Waals surface area contributed by atoms with Crippen molar-refractivity contribution in [3.05, 3.63) is 40.9 Å². The largest absolute Gasteiger partial charge is 0.450 e. The third-order valence-corrected chi connectivity index (χ3v) is 5.10. The van der Waals surface area contributed by atoms with E-state index in [1.165, 1.54) is 0 Å². The van der Waals surface area contributed by atoms with Gasteiger partial charge in [-0.15, -0.1) is 11.3 Å². The number of carbonyl (C=O) groups excluding carboxylic acids is 2. The molecule has 1 aromatic heterocycles. The summed E-state index contributed by atoms with van der Waals surface area (Å²) in [6.45, 7) is 6.16. The molecule has 132 valence electrons. The third-order valence-electron chi connectivity index (χ3n) is 4.09. The van der Waals surface area contributed by atoms with Gasteiger partial charge in [-0.05, 0) is 26.0 Å². The van der Waals surface area contributed by atoms with E-state index in [2.05, 4.69) is 4.98 Å². The molecule has 0 spiro atoms. The van der Waals surface area contributed by atoms with E-state index in [0.717, 1.165) is 16.3 Å². The number of ether oxygens (including phenoxy) is 1. The zero-order valence-corrected chi connectivity index (χ0v) is 15.2. The molecule has 1 fully saturated rings. The Morgan fingerprint density at radius 1 is 1.12 bits per heavy atom. The second-order valence-corrected chi connectivity index (χ2v) is 6.71. The van der Waals surface area contributed by atoms with Gasteiger partial charge in [-0.2, -0.15) is 0 Å². The Balaban J connectivity index is 1.61. The molecule has 3 rings (SSSR count). The number of hydrogen-bond donors (Lipinski definition) is 0. The second kappa shape index (κ2) is 7.65. The molecule has 0 saturated carbocycles. The summed E-state index contributed by atoms with van der Waals surface area (Å²) in [4.78, 5) is 32.2. The van der Waals surface area contributed by atoms with E-state index in [1.54, 1.807) is 28.1 Å². The minimum atomic E-state index is -0.308. The van der Waals surface area contributed by atoms with Crippen LogP contribution in [0.25, 0.3) is 10.6 Å². The number of nitrogens with zero attached hydrogens (tertiary/aromatic N) is 3. The summed E-state index contributed by atoms with van der Waals surface area (Å²) in [5.41, 5.74) is 2.67. The van der Waals surface area contributed by atoms with E-state index in [4.69, 9.17) is 4.74 Å². The summed E-state index contributed by atoms with van der Waals surface area (Å²) < 4.78 is 5.00. The number of hydrogen-bond acceptors (Lipinski definition) is 5. The first-order valence-corrected chi connectivity index (χ1v) is 9.20. The first kappa shape index (κ1) is 17.4. The molecule has 25 heavy (non-hydrogen) atoms. The van der Waals surface area contributed by atoms with Crippen LogP contribution in [-0.2, 0) is 4.74 Å². The zero-order valence-electron chi connectivity index (χ0n) is 14.4. The fourth-order valence-corrected chi connectivity index (χ4v) is 3.54. The lowest BCUT2D eigenvalue weighted by Gasteiger charge is -2.34. The molecule has 2 heterocycles. The van der Waals surface area contributed by atoms with Gasteiger partial charge in [0.05, 0.1) is 6.61 Å². The molecule has 0 unspecified atom stereocenters. The SMILES string of the molecule is CCOC(=O)N1CCN(C(=O)c2ccc(-c3nc(C)cs3)cc2)CC1. The van der Waals surface area contributed by atoms with Crippen LogP contribution in [-0.4, -0.2) is 59.6 Å². The fraction of sp³-hybridized carbons (Fsp3) is 0.389. The maximum Gasteiger partial charge on any atom is 0.409 e. The Hall–Kier alpha value is -2.41. The molecule has 1 saturated heterocycles. The number of rotatable bonds is 3. The summed E-state index contributed by atoms with van der Waals surface area (Å²) >= 11 is 1.60. The van der Waals surface area contributed by atoms with Gasteiger partial charge in [0.25, 0.3) is 5.91 Å². The van der Waals surface area contributed by atoms with Crippen molar-refractivity contribution < 1.29 is 14.3 Å². The standard InChI is InChI=1S/C18H21N3O3S/c1-3-24-18(23)21-10-8-20(9-11-21)17(22)15-6-4-14(5-7-15)16-19-13(2)12-25-16/h4-7,12H,3,8-11H2,1-2H3. The monoisotopic (exact) mass is 359 g/mol. The summed E-state index contributed by atoms with van der Waals surface area (Å²) in [6.07, 6.45) is -0.308. The van der Waals surface area contributed by atoms with Crippen molar-refractivity contribution in [2.24, 2.45) is 0 Å². The van der Waals surface area contributed by atoms with E-state index >= 15 is 0 Å². The quantitative estimate of drug-likeness (QED) is 0.845. The summed E-state index contributed by atoms with van der Waals surface area (Å²) in [5.74, 6) is -0.00891. The van der Waals surface area contributed by atoms with Gasteiger partial charge in [0.15, 0.2) is 0 Å². The van der Waals surface area contributed by atoms with Crippen LogP contribution >= 0.6 is 11.3 Å². The summed E-state index contributed by atoms with van der Waals surface area (Å²) in [5, 5.41) is 2.97. The average molecular weight is 359 g/mol. The smallest absolute Gasteiger partial charge is 0.409 e. The Bertz CT molecular complexity index is 749. The molecule has 6 nitrogen and oxygen atoms in total. The van der Waals surface area contributed by atoms with Crippen LogP contribution in [0.1, 0.15) is 23.0 Å². The lowest BCUT2D eigenvalue weighted by atomic mass is 10.1. The average Bonchev–Trinajstić information content (AvgIpc) is 3.08. The van der Waals surface area contributed by atoms with Crippen molar-refractivity contribution in [3.63, 3.8) is 0 Å². The van der Waals surface area contributed by atoms with E-state index in [9.17, 15) is 9.59 Å². The van der Waals surface area contributed by atoms with Crippen molar-refractivity contribution in [1.29, 1.82) is 0 Å². The van der Waals surface area contributed by atoms with Gasteiger partial charge in [-0.25, -0.2) is 9.78 Å². The Morgan fingerprint density at radius 3 is 2.32 bits per heavy atom. The Kier molecular flexibility index (Phi) is 5.33. The van der Waals surface area contributed by atoms with E-state index < -0.39 is 0 Å². The predicted molar refractivity (Wildman–Crippen MR) is 96.8 cm³/mol. The van der Waals surface area contributed by atoms with Gasteiger partial charge < -0.3 is 14.5 Å². The Morgan fingerprint density at radius 2 is 1.76 bits per heavy atom. The van der Waals surface area contributed by atoms with Crippen LogP contribution in [0, 0.1) is 6.92 Å². The van der Waals surface area contributed by atoms with Crippen molar-refractivity contribution in [3.8, 4) is 10.6 Å². The van der Waals surface area contributed by atoms with Gasteiger partial charge in [-0.1, -0.05) is 12.1 Å². The molecular formula is C18H21N3O3S. The number of benzene rings is 1. The minimum Gasteiger partial charge on any atom is -0.450 e. The van der Waals surface area contributed by atoms with E-state index in [-0.39, 0.29) is 12.0 Å². The van der Waals surface area contributed by atoms with Gasteiger partial charge in [-0.3, -0.25) is 4.79 Å². The fourth-order valence-electron chi connectivity index (χ4n) is 2.73. The first-order chi connectivity index (χ1) is 12.1. The van der Waals surface area contributed by atoms with Crippen LogP contribution in [0.15, 0.2) is 29.6 Å². The molecule has 7 heteroatoms. The van der Waals surface area contributed by atoms with Crippen LogP contribution in [0.3, 0.4) is 0 Å². The maximum absolute atomic E-state index is 12.6. The molecule has 0 aliphatic carbocycles. The molecule has 1 aromatic carbocycles. The zero-order chi connectivity index (χ0) is 17.8. The van der Waals surface area contributed by atoms with Crippen molar-refractivity contribution in [1.82, 2.24) is 14.8 Å². The molecule has 2 aromatic rings. The van der Waals surface area contributed by atoms with Crippen molar-refractivity contribution in [2.75, 3.05) is 32.8 Å². The van der Waals surface area contributed by atoms with Crippen LogP contribution < -0.4 is 0 Å². The number of aryl methyl sites for hydroxylation is 1. The highest BCUT2D eigenvalue weighted by molar-refractivity contribution is 7.13. The highest BCUT2D eigenvalue weighted by atomic mass is 32.1. The molecule has 0 N–H and O–H groups in total. The molecule has 0 radical (unpaired) electrons. The maximum atomic E-state index is 12.6. The van der Waals surface area contributed by atoms with Gasteiger partial charge >= 0.3 is 6.09 Å². The normalized spacial score (nSPS) is 14.5. The molecule has 0 atom stereocenters. The molecular weight excluding hydrogens is 338 g/mol. The molecule has 1 aliphatic heterocycles. The first-order valence-electron chi connectivity index (χ1n) is 8.32. The minimum absolute atomic E-state index is 0.00891. The second-order valence-electron chi connectivity index (χ2n) is 5.85. The van der Waals surface area contributed by atoms with E-state index in [0.29, 0.717) is 38.3 Å². The number of carbonyl (C=O) groups is 2. The number of aromatic nitrogens is 1. The highest BCUT2D eigenvalue weighted by Gasteiger charge is 2.25. The van der Waals surface area contributed by atoms with Crippen LogP contribution in [0.2, 0.25) is 0 Å². The topological polar surface area (TPSA) is 62.7 Å². The van der Waals surface area contributed by atoms with Crippen LogP contribution in [0.5, 0.6) is 0 Å². The van der Waals surface area contributed by atoms with Gasteiger partial charge in [0.1, 0.15) is 5.01 Å². The Labute approximate surface area is 151 Å². The lowest BCUT2D eigenvalue weighted by Crippen LogP contribution is -2.50. The summed E-state index contributed by atoms with van der Waals surface area (Å²) in [6, 6.07) is 7.54.